The lowest BCUT2D eigenvalue weighted by molar-refractivity contribution is 0.0761. The van der Waals surface area contributed by atoms with E-state index < -0.39 is 0 Å². The average molecular weight is 381 g/mol. The minimum atomic E-state index is -0.277. The van der Waals surface area contributed by atoms with Gasteiger partial charge in [-0.15, -0.1) is 0 Å². The SMILES string of the molecule is COc1ccccc1CCNC(=O)c1cc(C(=O)N2CCCCCC2)ccn1. The number of hydrogen-bond donors (Lipinski definition) is 1. The first-order valence-electron chi connectivity index (χ1n) is 9.84. The second kappa shape index (κ2) is 9.88. The number of carbonyl (C=O) groups excluding carboxylic acids is 2. The molecule has 6 nitrogen and oxygen atoms in total. The van der Waals surface area contributed by atoms with Gasteiger partial charge in [0, 0.05) is 31.4 Å². The average Bonchev–Trinajstić information content (AvgIpc) is 3.03. The Hall–Kier alpha value is -2.89. The van der Waals surface area contributed by atoms with Crippen molar-refractivity contribution in [3.05, 3.63) is 59.4 Å². The standard InChI is InChI=1S/C22H27N3O3/c1-28-20-9-5-4-8-17(20)10-13-24-21(26)19-16-18(11-12-23-19)22(27)25-14-6-2-3-7-15-25/h4-5,8-9,11-12,16H,2-3,6-7,10,13-15H2,1H3,(H,24,26). The second-order valence-corrected chi connectivity index (χ2v) is 6.95. The number of para-hydroxylation sites is 1. The minimum Gasteiger partial charge on any atom is -0.496 e. The molecule has 1 N–H and O–H groups in total. The Kier molecular flexibility index (Phi) is 7.00. The molecule has 28 heavy (non-hydrogen) atoms. The number of rotatable bonds is 6. The molecule has 3 rings (SSSR count). The summed E-state index contributed by atoms with van der Waals surface area (Å²) in [6.45, 7) is 2.02. The van der Waals surface area contributed by atoms with Crippen LogP contribution in [0.5, 0.6) is 5.75 Å². The molecule has 1 aliphatic heterocycles. The summed E-state index contributed by atoms with van der Waals surface area (Å²) >= 11 is 0. The number of hydrogen-bond acceptors (Lipinski definition) is 4. The fraction of sp³-hybridized carbons (Fsp3) is 0.409. The third-order valence-corrected chi connectivity index (χ3v) is 5.01. The lowest BCUT2D eigenvalue weighted by Crippen LogP contribution is -2.32. The normalized spacial score (nSPS) is 14.2. The highest BCUT2D eigenvalue weighted by Gasteiger charge is 2.19. The van der Waals surface area contributed by atoms with Crippen molar-refractivity contribution in [2.24, 2.45) is 0 Å². The quantitative estimate of drug-likeness (QED) is 0.835. The van der Waals surface area contributed by atoms with Crippen LogP contribution in [0.3, 0.4) is 0 Å². The summed E-state index contributed by atoms with van der Waals surface area (Å²) in [6, 6.07) is 11.0. The fourth-order valence-electron chi connectivity index (χ4n) is 3.45. The predicted molar refractivity (Wildman–Crippen MR) is 108 cm³/mol. The van der Waals surface area contributed by atoms with E-state index in [1.165, 1.54) is 19.0 Å². The molecule has 0 unspecified atom stereocenters. The molecular weight excluding hydrogens is 354 g/mol. The van der Waals surface area contributed by atoms with Gasteiger partial charge in [0.15, 0.2) is 0 Å². The van der Waals surface area contributed by atoms with Crippen molar-refractivity contribution in [3.63, 3.8) is 0 Å². The molecule has 1 aliphatic rings. The maximum atomic E-state index is 12.7. The molecule has 0 atom stereocenters. The van der Waals surface area contributed by atoms with Crippen LogP contribution in [-0.2, 0) is 6.42 Å². The van der Waals surface area contributed by atoms with Gasteiger partial charge in [-0.2, -0.15) is 0 Å². The summed E-state index contributed by atoms with van der Waals surface area (Å²) in [7, 11) is 1.63. The number of carbonyl (C=O) groups is 2. The van der Waals surface area contributed by atoms with Gasteiger partial charge in [0.1, 0.15) is 11.4 Å². The molecule has 1 aromatic carbocycles. The Balaban J connectivity index is 1.59. The number of methoxy groups -OCH3 is 1. The van der Waals surface area contributed by atoms with Gasteiger partial charge in [0.05, 0.1) is 7.11 Å². The summed E-state index contributed by atoms with van der Waals surface area (Å²) in [5.41, 5.74) is 1.82. The van der Waals surface area contributed by atoms with Gasteiger partial charge in [-0.25, -0.2) is 0 Å². The van der Waals surface area contributed by atoms with E-state index in [0.29, 0.717) is 18.5 Å². The predicted octanol–water partition coefficient (Wildman–Crippen LogP) is 3.08. The van der Waals surface area contributed by atoms with E-state index >= 15 is 0 Å². The zero-order valence-corrected chi connectivity index (χ0v) is 16.3. The summed E-state index contributed by atoms with van der Waals surface area (Å²) in [4.78, 5) is 31.2. The third-order valence-electron chi connectivity index (χ3n) is 5.01. The van der Waals surface area contributed by atoms with Crippen LogP contribution in [0.2, 0.25) is 0 Å². The topological polar surface area (TPSA) is 71.5 Å². The number of aromatic nitrogens is 1. The van der Waals surface area contributed by atoms with E-state index in [-0.39, 0.29) is 17.5 Å². The Morgan fingerprint density at radius 2 is 1.86 bits per heavy atom. The Morgan fingerprint density at radius 3 is 2.61 bits per heavy atom. The summed E-state index contributed by atoms with van der Waals surface area (Å²) in [5, 5.41) is 2.87. The highest BCUT2D eigenvalue weighted by molar-refractivity contribution is 5.98. The number of amides is 2. The van der Waals surface area contributed by atoms with Gasteiger partial charge >= 0.3 is 0 Å². The molecule has 0 spiro atoms. The molecule has 0 radical (unpaired) electrons. The Morgan fingerprint density at radius 1 is 1.11 bits per heavy atom. The van der Waals surface area contributed by atoms with Crippen molar-refractivity contribution >= 4 is 11.8 Å². The van der Waals surface area contributed by atoms with Crippen LogP contribution >= 0.6 is 0 Å². The zero-order chi connectivity index (χ0) is 19.8. The van der Waals surface area contributed by atoms with Gasteiger partial charge in [-0.05, 0) is 43.0 Å². The first-order chi connectivity index (χ1) is 13.7. The van der Waals surface area contributed by atoms with Gasteiger partial charge < -0.3 is 15.0 Å². The molecule has 6 heteroatoms. The maximum absolute atomic E-state index is 12.7. The second-order valence-electron chi connectivity index (χ2n) is 6.95. The zero-order valence-electron chi connectivity index (χ0n) is 16.3. The van der Waals surface area contributed by atoms with Gasteiger partial charge in [-0.1, -0.05) is 31.0 Å². The smallest absolute Gasteiger partial charge is 0.269 e. The minimum absolute atomic E-state index is 0.0210. The molecule has 2 heterocycles. The van der Waals surface area contributed by atoms with E-state index in [4.69, 9.17) is 4.74 Å². The van der Waals surface area contributed by atoms with Crippen molar-refractivity contribution in [1.82, 2.24) is 15.2 Å². The molecule has 0 bridgehead atoms. The van der Waals surface area contributed by atoms with E-state index in [0.717, 1.165) is 37.2 Å². The molecule has 1 fully saturated rings. The lowest BCUT2D eigenvalue weighted by atomic mass is 10.1. The summed E-state index contributed by atoms with van der Waals surface area (Å²) < 4.78 is 5.33. The van der Waals surface area contributed by atoms with Crippen molar-refractivity contribution in [2.75, 3.05) is 26.7 Å². The molecule has 0 aliphatic carbocycles. The largest absolute Gasteiger partial charge is 0.496 e. The highest BCUT2D eigenvalue weighted by Crippen LogP contribution is 2.17. The van der Waals surface area contributed by atoms with Crippen molar-refractivity contribution in [3.8, 4) is 5.75 Å². The molecule has 2 aromatic rings. The fourth-order valence-corrected chi connectivity index (χ4v) is 3.45. The van der Waals surface area contributed by atoms with Crippen LogP contribution in [0, 0.1) is 0 Å². The summed E-state index contributed by atoms with van der Waals surface area (Å²) in [6.07, 6.45) is 6.59. The number of ether oxygens (including phenoxy) is 1. The summed E-state index contributed by atoms with van der Waals surface area (Å²) in [5.74, 6) is 0.507. The molecule has 1 saturated heterocycles. The van der Waals surface area contributed by atoms with Crippen LogP contribution in [0.4, 0.5) is 0 Å². The van der Waals surface area contributed by atoms with Crippen molar-refractivity contribution < 1.29 is 14.3 Å². The van der Waals surface area contributed by atoms with Crippen molar-refractivity contribution in [1.29, 1.82) is 0 Å². The van der Waals surface area contributed by atoms with Crippen molar-refractivity contribution in [2.45, 2.75) is 32.1 Å². The van der Waals surface area contributed by atoms with Gasteiger partial charge in [-0.3, -0.25) is 14.6 Å². The van der Waals surface area contributed by atoms with Gasteiger partial charge in [0.2, 0.25) is 0 Å². The van der Waals surface area contributed by atoms with Crippen LogP contribution in [-0.4, -0.2) is 48.4 Å². The van der Waals surface area contributed by atoms with E-state index in [2.05, 4.69) is 10.3 Å². The van der Waals surface area contributed by atoms with E-state index in [1.807, 2.05) is 29.2 Å². The Labute approximate surface area is 165 Å². The number of benzene rings is 1. The van der Waals surface area contributed by atoms with Crippen LogP contribution < -0.4 is 10.1 Å². The first-order valence-corrected chi connectivity index (χ1v) is 9.84. The van der Waals surface area contributed by atoms with E-state index in [1.54, 1.807) is 19.2 Å². The maximum Gasteiger partial charge on any atom is 0.269 e. The van der Waals surface area contributed by atoms with Crippen LogP contribution in [0.15, 0.2) is 42.6 Å². The van der Waals surface area contributed by atoms with E-state index in [9.17, 15) is 9.59 Å². The molecule has 0 saturated carbocycles. The Bertz CT molecular complexity index is 814. The number of nitrogens with zero attached hydrogens (tertiary/aromatic N) is 2. The molecule has 1 aromatic heterocycles. The number of pyridine rings is 1. The van der Waals surface area contributed by atoms with Crippen LogP contribution in [0.25, 0.3) is 0 Å². The number of likely N-dealkylation sites (tertiary alicyclic amines) is 1. The highest BCUT2D eigenvalue weighted by atomic mass is 16.5. The number of nitrogens with one attached hydrogen (secondary N) is 1. The molecule has 148 valence electrons. The molecule has 2 amide bonds. The van der Waals surface area contributed by atoms with Crippen LogP contribution in [0.1, 0.15) is 52.1 Å². The lowest BCUT2D eigenvalue weighted by Gasteiger charge is -2.20. The van der Waals surface area contributed by atoms with Gasteiger partial charge in [0.25, 0.3) is 11.8 Å². The molecular formula is C22H27N3O3. The first kappa shape index (κ1) is 19.9. The monoisotopic (exact) mass is 381 g/mol. The third kappa shape index (κ3) is 5.09.